The molecule has 0 aliphatic heterocycles. The summed E-state index contributed by atoms with van der Waals surface area (Å²) in [6.07, 6.45) is 2.88. The molecule has 0 amide bonds. The van der Waals surface area contributed by atoms with Gasteiger partial charge >= 0.3 is 0 Å². The molecule has 5 aromatic rings. The van der Waals surface area contributed by atoms with Crippen LogP contribution in [0.5, 0.6) is 5.75 Å². The van der Waals surface area contributed by atoms with Crippen molar-refractivity contribution in [2.45, 2.75) is 0 Å². The molecule has 2 heterocycles. The lowest BCUT2D eigenvalue weighted by atomic mass is 10.2. The maximum Gasteiger partial charge on any atom is 0.282 e. The molecular weight excluding hydrogens is 528 g/mol. The van der Waals surface area contributed by atoms with Crippen LogP contribution in [0, 0.1) is 10.1 Å². The van der Waals surface area contributed by atoms with E-state index in [0.29, 0.717) is 33.6 Å². The van der Waals surface area contributed by atoms with Crippen LogP contribution in [-0.4, -0.2) is 27.4 Å². The summed E-state index contributed by atoms with van der Waals surface area (Å²) in [6.45, 7) is 3.81. The Bertz CT molecular complexity index is 1740. The number of para-hydroxylation sites is 1. The van der Waals surface area contributed by atoms with Gasteiger partial charge in [0.15, 0.2) is 5.76 Å². The van der Waals surface area contributed by atoms with Gasteiger partial charge in [0, 0.05) is 27.6 Å². The summed E-state index contributed by atoms with van der Waals surface area (Å²) >= 11 is 3.45. The molecule has 5 rings (SSSR count). The quantitative estimate of drug-likeness (QED) is 0.109. The van der Waals surface area contributed by atoms with Gasteiger partial charge in [-0.25, -0.2) is 4.98 Å². The van der Waals surface area contributed by atoms with Crippen molar-refractivity contribution < 1.29 is 14.1 Å². The highest BCUT2D eigenvalue weighted by Crippen LogP contribution is 2.29. The number of rotatable bonds is 7. The van der Waals surface area contributed by atoms with E-state index in [1.807, 2.05) is 18.2 Å². The van der Waals surface area contributed by atoms with Crippen molar-refractivity contribution in [1.82, 2.24) is 9.66 Å². The molecule has 0 spiro atoms. The van der Waals surface area contributed by atoms with Gasteiger partial charge in [0.05, 0.1) is 22.0 Å². The van der Waals surface area contributed by atoms with E-state index < -0.39 is 10.5 Å². The summed E-state index contributed by atoms with van der Waals surface area (Å²) in [4.78, 5) is 28.9. The maximum atomic E-state index is 13.5. The Balaban J connectivity index is 1.71. The van der Waals surface area contributed by atoms with Gasteiger partial charge in [-0.15, -0.1) is 0 Å². The number of halogens is 1. The van der Waals surface area contributed by atoms with Crippen molar-refractivity contribution in [3.05, 3.63) is 110 Å². The second kappa shape index (κ2) is 9.59. The Morgan fingerprint density at radius 3 is 2.81 bits per heavy atom. The van der Waals surface area contributed by atoms with Crippen molar-refractivity contribution in [2.75, 3.05) is 6.61 Å². The van der Waals surface area contributed by atoms with Crippen LogP contribution in [0.3, 0.4) is 0 Å². The second-order valence-corrected chi connectivity index (χ2v) is 8.60. The average Bonchev–Trinajstić information content (AvgIpc) is 3.30. The molecule has 0 aliphatic rings. The Morgan fingerprint density at radius 1 is 1.17 bits per heavy atom. The van der Waals surface area contributed by atoms with Crippen molar-refractivity contribution in [2.24, 2.45) is 5.10 Å². The number of furan rings is 1. The predicted molar refractivity (Wildman–Crippen MR) is 141 cm³/mol. The molecule has 2 aromatic heterocycles. The van der Waals surface area contributed by atoms with Crippen molar-refractivity contribution >= 4 is 49.7 Å². The molecule has 0 aliphatic carbocycles. The predicted octanol–water partition coefficient (Wildman–Crippen LogP) is 5.93. The van der Waals surface area contributed by atoms with Crippen LogP contribution in [-0.2, 0) is 0 Å². The van der Waals surface area contributed by atoms with E-state index in [2.05, 4.69) is 32.6 Å². The third kappa shape index (κ3) is 4.41. The second-order valence-electron chi connectivity index (χ2n) is 7.69. The average molecular weight is 545 g/mol. The van der Waals surface area contributed by atoms with E-state index >= 15 is 0 Å². The third-order valence-corrected chi connectivity index (χ3v) is 5.82. The number of ether oxygens (including phenoxy) is 1. The number of aromatic nitrogens is 2. The van der Waals surface area contributed by atoms with Gasteiger partial charge in [-0.2, -0.15) is 9.78 Å². The fourth-order valence-corrected chi connectivity index (χ4v) is 4.04. The summed E-state index contributed by atoms with van der Waals surface area (Å²) in [5.41, 5.74) is 0.841. The normalized spacial score (nSPS) is 11.4. The monoisotopic (exact) mass is 544 g/mol. The van der Waals surface area contributed by atoms with Crippen LogP contribution in [0.4, 0.5) is 5.69 Å². The van der Waals surface area contributed by atoms with Gasteiger partial charge in [-0.05, 0) is 42.5 Å². The lowest BCUT2D eigenvalue weighted by Crippen LogP contribution is -2.20. The molecule has 0 bridgehead atoms. The minimum atomic E-state index is -0.518. The van der Waals surface area contributed by atoms with Gasteiger partial charge in [-0.1, -0.05) is 40.7 Å². The van der Waals surface area contributed by atoms with Crippen LogP contribution in [0.2, 0.25) is 0 Å². The highest BCUT2D eigenvalue weighted by Gasteiger charge is 2.17. The van der Waals surface area contributed by atoms with Crippen molar-refractivity contribution in [1.29, 1.82) is 0 Å². The van der Waals surface area contributed by atoms with E-state index in [9.17, 15) is 14.9 Å². The van der Waals surface area contributed by atoms with Crippen LogP contribution in [0.25, 0.3) is 33.5 Å². The zero-order valence-electron chi connectivity index (χ0n) is 18.6. The first kappa shape index (κ1) is 23.2. The number of hydrogen-bond acceptors (Lipinski definition) is 7. The lowest BCUT2D eigenvalue weighted by Gasteiger charge is -2.09. The van der Waals surface area contributed by atoms with Crippen LogP contribution in [0.15, 0.2) is 98.2 Å². The first-order chi connectivity index (χ1) is 17.4. The number of hydrogen-bond donors (Lipinski definition) is 0. The van der Waals surface area contributed by atoms with E-state index in [4.69, 9.17) is 9.15 Å². The summed E-state index contributed by atoms with van der Waals surface area (Å²) < 4.78 is 13.6. The molecule has 3 aromatic carbocycles. The Kier molecular flexibility index (Phi) is 6.17. The van der Waals surface area contributed by atoms with Crippen LogP contribution in [0.1, 0.15) is 5.56 Å². The molecule has 10 heteroatoms. The Labute approximate surface area is 212 Å². The van der Waals surface area contributed by atoms with Gasteiger partial charge < -0.3 is 9.15 Å². The number of nitro groups is 1. The fraction of sp³-hybridized carbons (Fsp3) is 0.0385. The lowest BCUT2D eigenvalue weighted by molar-refractivity contribution is -0.384. The van der Waals surface area contributed by atoms with Crippen LogP contribution < -0.4 is 10.3 Å². The molecular formula is C26H17BrN4O5. The van der Waals surface area contributed by atoms with E-state index in [0.717, 1.165) is 14.5 Å². The summed E-state index contributed by atoms with van der Waals surface area (Å²) in [5, 5.41) is 16.9. The van der Waals surface area contributed by atoms with Crippen molar-refractivity contribution in [3.8, 4) is 17.3 Å². The van der Waals surface area contributed by atoms with Crippen LogP contribution >= 0.6 is 15.9 Å². The molecule has 0 saturated carbocycles. The van der Waals surface area contributed by atoms with Gasteiger partial charge in [-0.3, -0.25) is 14.9 Å². The molecule has 0 fully saturated rings. The number of nitro benzene ring substituents is 1. The number of benzene rings is 3. The number of fused-ring (bicyclic) bond motifs is 2. The topological polar surface area (TPSA) is 113 Å². The largest absolute Gasteiger partial charge is 0.489 e. The summed E-state index contributed by atoms with van der Waals surface area (Å²) in [6, 6.07) is 18.4. The van der Waals surface area contributed by atoms with Gasteiger partial charge in [0.25, 0.3) is 11.2 Å². The summed E-state index contributed by atoms with van der Waals surface area (Å²) in [5.74, 6) is 0.868. The molecule has 0 saturated heterocycles. The molecule has 36 heavy (non-hydrogen) atoms. The molecule has 0 N–H and O–H groups in total. The zero-order chi connectivity index (χ0) is 25.2. The molecule has 178 valence electrons. The smallest absolute Gasteiger partial charge is 0.282 e. The van der Waals surface area contributed by atoms with Gasteiger partial charge in [0.1, 0.15) is 17.9 Å². The minimum absolute atomic E-state index is 0.144. The third-order valence-electron chi connectivity index (χ3n) is 5.33. The highest BCUT2D eigenvalue weighted by molar-refractivity contribution is 9.10. The zero-order valence-corrected chi connectivity index (χ0v) is 20.2. The van der Waals surface area contributed by atoms with Gasteiger partial charge in [0.2, 0.25) is 5.82 Å². The van der Waals surface area contributed by atoms with E-state index in [1.165, 1.54) is 24.4 Å². The Hall–Kier alpha value is -4.57. The fourth-order valence-electron chi connectivity index (χ4n) is 3.67. The maximum absolute atomic E-state index is 13.5. The van der Waals surface area contributed by atoms with E-state index in [1.54, 1.807) is 36.4 Å². The number of non-ortho nitro benzene ring substituents is 1. The summed E-state index contributed by atoms with van der Waals surface area (Å²) in [7, 11) is 0. The number of nitrogens with zero attached hydrogens (tertiary/aromatic N) is 4. The SMILES string of the molecule is C=CCOc1ccc([N+](=O)[O-])cc1C=Nn1c(-c2cc3cc(Br)ccc3o2)nc2ccccc2c1=O. The highest BCUT2D eigenvalue weighted by atomic mass is 79.9. The first-order valence-electron chi connectivity index (χ1n) is 10.7. The molecule has 0 atom stereocenters. The molecule has 9 nitrogen and oxygen atoms in total. The Morgan fingerprint density at radius 2 is 2.00 bits per heavy atom. The van der Waals surface area contributed by atoms with Crippen molar-refractivity contribution in [3.63, 3.8) is 0 Å². The standard InChI is InChI=1S/C26H17BrN4O5/c1-2-11-35-22-10-8-19(31(33)34)13-17(22)15-28-30-25(29-21-6-4-3-5-20(21)26(30)32)24-14-16-12-18(27)7-9-23(16)36-24/h2-10,12-15H,1,11H2. The van der Waals surface area contributed by atoms with E-state index in [-0.39, 0.29) is 18.1 Å². The first-order valence-corrected chi connectivity index (χ1v) is 11.5. The molecule has 0 unspecified atom stereocenters. The molecule has 0 radical (unpaired) electrons. The minimum Gasteiger partial charge on any atom is -0.489 e.